The summed E-state index contributed by atoms with van der Waals surface area (Å²) in [7, 11) is 0. The van der Waals surface area contributed by atoms with Crippen molar-refractivity contribution >= 4 is 5.91 Å². The number of likely N-dealkylation sites (tertiary alicyclic amines) is 1. The Morgan fingerprint density at radius 2 is 1.86 bits per heavy atom. The fraction of sp³-hybridized carbons (Fsp3) is 0.611. The molecule has 1 aromatic carbocycles. The molecule has 4 heteroatoms. The van der Waals surface area contributed by atoms with Crippen LogP contribution in [0.5, 0.6) is 0 Å². The van der Waals surface area contributed by atoms with Crippen molar-refractivity contribution in [3.8, 4) is 0 Å². The number of amides is 1. The second-order valence-electron chi connectivity index (χ2n) is 6.44. The minimum absolute atomic E-state index is 0.191. The minimum Gasteiger partial charge on any atom is -0.354 e. The average molecular weight is 301 g/mol. The number of nitrogens with one attached hydrogen (secondary N) is 2. The molecule has 2 aliphatic rings. The molecule has 0 aliphatic carbocycles. The maximum absolute atomic E-state index is 12.4. The predicted octanol–water partition coefficient (Wildman–Crippen LogP) is 1.94. The van der Waals surface area contributed by atoms with Crippen molar-refractivity contribution in [2.75, 3.05) is 32.7 Å². The first kappa shape index (κ1) is 15.5. The Balaban J connectivity index is 1.61. The summed E-state index contributed by atoms with van der Waals surface area (Å²) in [6, 6.07) is 10.9. The summed E-state index contributed by atoms with van der Waals surface area (Å²) in [5.41, 5.74) is 1.31. The van der Waals surface area contributed by atoms with Gasteiger partial charge in [0.2, 0.25) is 5.91 Å². The van der Waals surface area contributed by atoms with Crippen LogP contribution in [0.25, 0.3) is 0 Å². The molecule has 1 atom stereocenters. The largest absolute Gasteiger partial charge is 0.354 e. The number of hydrogen-bond acceptors (Lipinski definition) is 3. The maximum atomic E-state index is 12.4. The summed E-state index contributed by atoms with van der Waals surface area (Å²) >= 11 is 0. The van der Waals surface area contributed by atoms with Gasteiger partial charge in [-0.05, 0) is 57.4 Å². The van der Waals surface area contributed by atoms with Gasteiger partial charge in [0.15, 0.2) is 0 Å². The number of piperidine rings is 1. The van der Waals surface area contributed by atoms with Crippen LogP contribution in [0.4, 0.5) is 0 Å². The third kappa shape index (κ3) is 3.87. The van der Waals surface area contributed by atoms with Crippen molar-refractivity contribution in [2.45, 2.75) is 31.7 Å². The van der Waals surface area contributed by atoms with E-state index in [4.69, 9.17) is 0 Å². The predicted molar refractivity (Wildman–Crippen MR) is 88.6 cm³/mol. The van der Waals surface area contributed by atoms with Crippen molar-refractivity contribution < 1.29 is 4.79 Å². The molecule has 1 aromatic rings. The molecule has 2 fully saturated rings. The summed E-state index contributed by atoms with van der Waals surface area (Å²) in [5.74, 6) is 0.429. The summed E-state index contributed by atoms with van der Waals surface area (Å²) in [6.45, 7) is 4.94. The third-order valence-corrected chi connectivity index (χ3v) is 4.95. The quantitative estimate of drug-likeness (QED) is 0.873. The normalized spacial score (nSPS) is 21.6. The summed E-state index contributed by atoms with van der Waals surface area (Å²) in [6.07, 6.45) is 4.47. The van der Waals surface area contributed by atoms with E-state index in [2.05, 4.69) is 45.9 Å². The van der Waals surface area contributed by atoms with Crippen LogP contribution in [0.2, 0.25) is 0 Å². The van der Waals surface area contributed by atoms with Gasteiger partial charge in [0.25, 0.3) is 0 Å². The van der Waals surface area contributed by atoms with E-state index in [0.717, 1.165) is 45.6 Å². The first-order chi connectivity index (χ1) is 10.8. The third-order valence-electron chi connectivity index (χ3n) is 4.95. The first-order valence-electron chi connectivity index (χ1n) is 8.62. The fourth-order valence-electron chi connectivity index (χ4n) is 3.61. The molecule has 0 aromatic heterocycles. The Kier molecular flexibility index (Phi) is 5.46. The molecular weight excluding hydrogens is 274 g/mol. The highest BCUT2D eigenvalue weighted by molar-refractivity contribution is 5.78. The van der Waals surface area contributed by atoms with Crippen LogP contribution in [0.3, 0.4) is 0 Å². The molecule has 22 heavy (non-hydrogen) atoms. The van der Waals surface area contributed by atoms with Gasteiger partial charge in [-0.25, -0.2) is 0 Å². The number of nitrogens with zero attached hydrogens (tertiary/aromatic N) is 1. The van der Waals surface area contributed by atoms with Crippen molar-refractivity contribution in [3.05, 3.63) is 35.9 Å². The van der Waals surface area contributed by atoms with Gasteiger partial charge in [-0.1, -0.05) is 30.3 Å². The Bertz CT molecular complexity index is 464. The zero-order chi connectivity index (χ0) is 15.2. The lowest BCUT2D eigenvalue weighted by Crippen LogP contribution is -2.42. The van der Waals surface area contributed by atoms with Gasteiger partial charge in [-0.3, -0.25) is 9.69 Å². The zero-order valence-electron chi connectivity index (χ0n) is 13.3. The molecule has 2 saturated heterocycles. The Hall–Kier alpha value is -1.39. The lowest BCUT2D eigenvalue weighted by Gasteiger charge is -2.29. The number of hydrogen-bond donors (Lipinski definition) is 2. The van der Waals surface area contributed by atoms with E-state index in [9.17, 15) is 4.79 Å². The van der Waals surface area contributed by atoms with Gasteiger partial charge in [0.1, 0.15) is 0 Å². The van der Waals surface area contributed by atoms with Crippen LogP contribution in [0.1, 0.15) is 37.3 Å². The molecule has 2 heterocycles. The van der Waals surface area contributed by atoms with Gasteiger partial charge in [0.05, 0.1) is 6.04 Å². The van der Waals surface area contributed by atoms with Gasteiger partial charge in [0, 0.05) is 12.5 Å². The van der Waals surface area contributed by atoms with E-state index in [1.54, 1.807) is 0 Å². The molecule has 0 spiro atoms. The zero-order valence-corrected chi connectivity index (χ0v) is 13.3. The van der Waals surface area contributed by atoms with E-state index in [0.29, 0.717) is 6.04 Å². The highest BCUT2D eigenvalue weighted by Crippen LogP contribution is 2.24. The van der Waals surface area contributed by atoms with E-state index >= 15 is 0 Å². The Morgan fingerprint density at radius 1 is 1.18 bits per heavy atom. The van der Waals surface area contributed by atoms with E-state index in [1.807, 2.05) is 0 Å². The molecule has 1 unspecified atom stereocenters. The van der Waals surface area contributed by atoms with E-state index in [1.165, 1.54) is 18.4 Å². The molecule has 4 nitrogen and oxygen atoms in total. The lowest BCUT2D eigenvalue weighted by atomic mass is 9.97. The average Bonchev–Trinajstić information content (AvgIpc) is 3.11. The van der Waals surface area contributed by atoms with Crippen LogP contribution in [0.15, 0.2) is 30.3 Å². The Labute approximate surface area is 133 Å². The standard InChI is InChI=1S/C18H27N3O/c22-18(16-8-10-19-11-9-16)20-14-17(21-12-4-5-13-21)15-6-2-1-3-7-15/h1-3,6-7,16-17,19H,4-5,8-14H2,(H,20,22). The van der Waals surface area contributed by atoms with Crippen molar-refractivity contribution in [1.82, 2.24) is 15.5 Å². The van der Waals surface area contributed by atoms with Crippen molar-refractivity contribution in [3.63, 3.8) is 0 Å². The first-order valence-corrected chi connectivity index (χ1v) is 8.62. The number of rotatable bonds is 5. The molecule has 0 saturated carbocycles. The van der Waals surface area contributed by atoms with Crippen LogP contribution >= 0.6 is 0 Å². The van der Waals surface area contributed by atoms with Gasteiger partial charge in [-0.2, -0.15) is 0 Å². The molecule has 120 valence electrons. The molecule has 0 radical (unpaired) electrons. The number of benzene rings is 1. The second-order valence-corrected chi connectivity index (χ2v) is 6.44. The van der Waals surface area contributed by atoms with Crippen LogP contribution in [-0.2, 0) is 4.79 Å². The smallest absolute Gasteiger partial charge is 0.223 e. The maximum Gasteiger partial charge on any atom is 0.223 e. The van der Waals surface area contributed by atoms with Gasteiger partial charge >= 0.3 is 0 Å². The minimum atomic E-state index is 0.191. The van der Waals surface area contributed by atoms with Crippen LogP contribution in [-0.4, -0.2) is 43.5 Å². The summed E-state index contributed by atoms with van der Waals surface area (Å²) in [4.78, 5) is 14.9. The molecule has 2 aliphatic heterocycles. The van der Waals surface area contributed by atoms with Crippen LogP contribution < -0.4 is 10.6 Å². The molecule has 3 rings (SSSR count). The topological polar surface area (TPSA) is 44.4 Å². The van der Waals surface area contributed by atoms with E-state index in [-0.39, 0.29) is 11.8 Å². The SMILES string of the molecule is O=C(NCC(c1ccccc1)N1CCCC1)C1CCNCC1. The monoisotopic (exact) mass is 301 g/mol. The summed E-state index contributed by atoms with van der Waals surface area (Å²) < 4.78 is 0. The second kappa shape index (κ2) is 7.75. The molecule has 1 amide bonds. The molecule has 2 N–H and O–H groups in total. The van der Waals surface area contributed by atoms with Gasteiger partial charge < -0.3 is 10.6 Å². The van der Waals surface area contributed by atoms with E-state index < -0.39 is 0 Å². The van der Waals surface area contributed by atoms with Crippen LogP contribution in [0, 0.1) is 5.92 Å². The number of carbonyl (C=O) groups excluding carboxylic acids is 1. The fourth-order valence-corrected chi connectivity index (χ4v) is 3.61. The van der Waals surface area contributed by atoms with Crippen molar-refractivity contribution in [1.29, 1.82) is 0 Å². The Morgan fingerprint density at radius 3 is 2.55 bits per heavy atom. The molecule has 0 bridgehead atoms. The highest BCUT2D eigenvalue weighted by atomic mass is 16.1. The molecular formula is C18H27N3O. The van der Waals surface area contributed by atoms with Crippen molar-refractivity contribution in [2.24, 2.45) is 5.92 Å². The lowest BCUT2D eigenvalue weighted by molar-refractivity contribution is -0.126. The summed E-state index contributed by atoms with van der Waals surface area (Å²) in [5, 5.41) is 6.54. The highest BCUT2D eigenvalue weighted by Gasteiger charge is 2.26. The number of carbonyl (C=O) groups is 1. The van der Waals surface area contributed by atoms with Gasteiger partial charge in [-0.15, -0.1) is 0 Å².